The molecule has 5 aromatic carbocycles. The van der Waals surface area contributed by atoms with Gasteiger partial charge in [-0.15, -0.1) is 0 Å². The largest absolute Gasteiger partial charge is 0.466 e. The van der Waals surface area contributed by atoms with Crippen molar-refractivity contribution in [3.8, 4) is 0 Å². The average molecular weight is 652 g/mol. The third kappa shape index (κ3) is 10.3. The summed E-state index contributed by atoms with van der Waals surface area (Å²) in [6.07, 6.45) is 6.31. The maximum absolute atomic E-state index is 11.5. The predicted molar refractivity (Wildman–Crippen MR) is 200 cm³/mol. The number of anilines is 3. The zero-order valence-electron chi connectivity index (χ0n) is 28.5. The molecule has 0 unspecified atom stereocenters. The van der Waals surface area contributed by atoms with Gasteiger partial charge in [0.05, 0.1) is 13.2 Å². The van der Waals surface area contributed by atoms with E-state index in [9.17, 15) is 9.59 Å². The first-order valence-corrected chi connectivity index (χ1v) is 17.3. The molecule has 0 bridgehead atoms. The number of hydrogen-bond donors (Lipinski definition) is 0. The molecule has 0 atom stereocenters. The second kappa shape index (κ2) is 18.2. The molecule has 0 saturated heterocycles. The molecule has 49 heavy (non-hydrogen) atoms. The Balaban J connectivity index is 1.40. The zero-order chi connectivity index (χ0) is 34.3. The number of rotatable bonds is 16. The van der Waals surface area contributed by atoms with Crippen molar-refractivity contribution in [1.29, 1.82) is 0 Å². The Morgan fingerprint density at radius 1 is 0.531 bits per heavy atom. The van der Waals surface area contributed by atoms with Crippen LogP contribution in [-0.4, -0.2) is 25.2 Å². The third-order valence-electron chi connectivity index (χ3n) is 8.34. The summed E-state index contributed by atoms with van der Waals surface area (Å²) in [6, 6.07) is 46.9. The fourth-order valence-electron chi connectivity index (χ4n) is 5.65. The fourth-order valence-corrected chi connectivity index (χ4v) is 5.65. The van der Waals surface area contributed by atoms with E-state index in [1.54, 1.807) is 0 Å². The topological polar surface area (TPSA) is 55.8 Å². The van der Waals surface area contributed by atoms with Crippen LogP contribution in [0.2, 0.25) is 0 Å². The molecule has 0 amide bonds. The molecule has 0 heterocycles. The van der Waals surface area contributed by atoms with E-state index in [1.807, 2.05) is 26.0 Å². The lowest BCUT2D eigenvalue weighted by Crippen LogP contribution is -2.10. The van der Waals surface area contributed by atoms with E-state index < -0.39 is 0 Å². The molecule has 0 fully saturated rings. The number of carbonyl (C=O) groups is 2. The van der Waals surface area contributed by atoms with Gasteiger partial charge in [-0.3, -0.25) is 9.59 Å². The summed E-state index contributed by atoms with van der Waals surface area (Å²) < 4.78 is 10.5. The lowest BCUT2D eigenvalue weighted by atomic mass is 9.95. The molecule has 0 spiro atoms. The van der Waals surface area contributed by atoms with Gasteiger partial charge < -0.3 is 14.4 Å². The van der Waals surface area contributed by atoms with Crippen molar-refractivity contribution in [2.75, 3.05) is 18.1 Å². The molecule has 0 aliphatic rings. The van der Waals surface area contributed by atoms with Gasteiger partial charge >= 0.3 is 11.9 Å². The van der Waals surface area contributed by atoms with Gasteiger partial charge in [0.15, 0.2) is 0 Å². The zero-order valence-corrected chi connectivity index (χ0v) is 28.5. The van der Waals surface area contributed by atoms with Crippen LogP contribution >= 0.6 is 0 Å². The summed E-state index contributed by atoms with van der Waals surface area (Å²) in [7, 11) is 0. The highest BCUT2D eigenvalue weighted by Gasteiger charge is 2.14. The Labute approximate surface area is 290 Å². The first kappa shape index (κ1) is 34.9. The molecular formula is C44H45NO4. The minimum Gasteiger partial charge on any atom is -0.466 e. The van der Waals surface area contributed by atoms with Crippen molar-refractivity contribution < 1.29 is 19.1 Å². The van der Waals surface area contributed by atoms with Crippen molar-refractivity contribution in [2.45, 2.75) is 52.4 Å². The Morgan fingerprint density at radius 3 is 1.31 bits per heavy atom. The van der Waals surface area contributed by atoms with Crippen LogP contribution in [0.25, 0.3) is 11.6 Å². The molecule has 5 aromatic rings. The smallest absolute Gasteiger partial charge is 0.305 e. The van der Waals surface area contributed by atoms with E-state index in [-0.39, 0.29) is 11.9 Å². The van der Waals surface area contributed by atoms with Crippen molar-refractivity contribution in [3.05, 3.63) is 161 Å². The van der Waals surface area contributed by atoms with E-state index >= 15 is 0 Å². The van der Waals surface area contributed by atoms with Crippen LogP contribution in [0.1, 0.15) is 67.3 Å². The summed E-state index contributed by atoms with van der Waals surface area (Å²) in [5.74, 6) is -0.315. The second-order valence-electron chi connectivity index (χ2n) is 11.9. The molecule has 0 aliphatic carbocycles. The van der Waals surface area contributed by atoms with Gasteiger partial charge in [0, 0.05) is 29.9 Å². The summed E-state index contributed by atoms with van der Waals surface area (Å²) in [6.45, 7) is 4.49. The van der Waals surface area contributed by atoms with Crippen LogP contribution in [-0.2, 0) is 31.9 Å². The van der Waals surface area contributed by atoms with Gasteiger partial charge in [-0.25, -0.2) is 0 Å². The quantitative estimate of drug-likeness (QED) is 0.0604. The molecule has 5 nitrogen and oxygen atoms in total. The van der Waals surface area contributed by atoms with Crippen LogP contribution < -0.4 is 4.90 Å². The number of ether oxygens (including phenoxy) is 2. The molecular weight excluding hydrogens is 606 g/mol. The lowest BCUT2D eigenvalue weighted by molar-refractivity contribution is -0.144. The fraction of sp³-hybridized carbons (Fsp3) is 0.227. The normalized spacial score (nSPS) is 10.7. The summed E-state index contributed by atoms with van der Waals surface area (Å²) in [4.78, 5) is 25.2. The number of benzene rings is 5. The number of nitrogens with zero attached hydrogens (tertiary/aromatic N) is 1. The van der Waals surface area contributed by atoms with Gasteiger partial charge in [-0.05, 0) is 102 Å². The highest BCUT2D eigenvalue weighted by molar-refractivity contribution is 5.91. The van der Waals surface area contributed by atoms with Crippen LogP contribution in [0, 0.1) is 0 Å². The van der Waals surface area contributed by atoms with Crippen molar-refractivity contribution >= 4 is 40.6 Å². The molecule has 0 aliphatic heterocycles. The number of carbonyl (C=O) groups excluding carboxylic acids is 2. The summed E-state index contributed by atoms with van der Waals surface area (Å²) >= 11 is 0. The van der Waals surface area contributed by atoms with E-state index in [4.69, 9.17) is 9.47 Å². The Morgan fingerprint density at radius 2 is 0.918 bits per heavy atom. The number of esters is 2. The first-order valence-electron chi connectivity index (χ1n) is 17.3. The Bertz CT molecular complexity index is 1670. The SMILES string of the molecule is CCC(=O)OCCCc1ccc(N(c2ccc(C=C(c3ccccc3)c3ccccc3)cc2)c2ccc(CCCOC(=O)CC)cc2)cc1. The maximum atomic E-state index is 11.5. The molecule has 0 N–H and O–H groups in total. The van der Waals surface area contributed by atoms with Crippen molar-refractivity contribution in [3.63, 3.8) is 0 Å². The Hall–Kier alpha value is -5.42. The summed E-state index contributed by atoms with van der Waals surface area (Å²) in [5.41, 5.74) is 10.2. The molecule has 0 aromatic heterocycles. The molecule has 0 saturated carbocycles. The van der Waals surface area contributed by atoms with E-state index in [2.05, 4.69) is 132 Å². The molecule has 5 heteroatoms. The highest BCUT2D eigenvalue weighted by Crippen LogP contribution is 2.36. The van der Waals surface area contributed by atoms with Crippen LogP contribution in [0.15, 0.2) is 133 Å². The third-order valence-corrected chi connectivity index (χ3v) is 8.34. The van der Waals surface area contributed by atoms with Gasteiger partial charge in [0.25, 0.3) is 0 Å². The van der Waals surface area contributed by atoms with E-state index in [1.165, 1.54) is 27.8 Å². The van der Waals surface area contributed by atoms with Crippen LogP contribution in [0.5, 0.6) is 0 Å². The van der Waals surface area contributed by atoms with Gasteiger partial charge in [-0.2, -0.15) is 0 Å². The van der Waals surface area contributed by atoms with Crippen LogP contribution in [0.3, 0.4) is 0 Å². The van der Waals surface area contributed by atoms with Gasteiger partial charge in [0.2, 0.25) is 0 Å². The summed E-state index contributed by atoms with van der Waals surface area (Å²) in [5, 5.41) is 0. The van der Waals surface area contributed by atoms with E-state index in [0.29, 0.717) is 26.1 Å². The minimum absolute atomic E-state index is 0.158. The second-order valence-corrected chi connectivity index (χ2v) is 11.9. The average Bonchev–Trinajstić information content (AvgIpc) is 3.16. The van der Waals surface area contributed by atoms with Crippen molar-refractivity contribution in [2.24, 2.45) is 0 Å². The Kier molecular flexibility index (Phi) is 13.0. The monoisotopic (exact) mass is 651 g/mol. The highest BCUT2D eigenvalue weighted by atomic mass is 16.5. The molecule has 0 radical (unpaired) electrons. The van der Waals surface area contributed by atoms with Gasteiger partial charge in [0.1, 0.15) is 0 Å². The predicted octanol–water partition coefficient (Wildman–Crippen LogP) is 10.5. The molecule has 250 valence electrons. The maximum Gasteiger partial charge on any atom is 0.305 e. The van der Waals surface area contributed by atoms with Crippen molar-refractivity contribution in [1.82, 2.24) is 0 Å². The number of aryl methyl sites for hydroxylation is 2. The first-order chi connectivity index (χ1) is 24.0. The minimum atomic E-state index is -0.158. The van der Waals surface area contributed by atoms with Crippen LogP contribution in [0.4, 0.5) is 17.1 Å². The van der Waals surface area contributed by atoms with Gasteiger partial charge in [-0.1, -0.05) is 111 Å². The standard InChI is InChI=1S/C44H45NO4/c1-3-43(46)48-31-11-13-34-19-25-39(26-20-34)45(40-27-21-35(22-28-40)14-12-32-49-44(47)4-2)41-29-23-36(24-30-41)33-42(37-15-7-5-8-16-37)38-17-9-6-10-18-38/h5-10,15-30,33H,3-4,11-14,31-32H2,1-2H3. The van der Waals surface area contributed by atoms with E-state index in [0.717, 1.165) is 48.3 Å². The number of hydrogen-bond acceptors (Lipinski definition) is 5. The molecule has 5 rings (SSSR count). The lowest BCUT2D eigenvalue weighted by Gasteiger charge is -2.26.